The van der Waals surface area contributed by atoms with Gasteiger partial charge in [0.1, 0.15) is 22.3 Å². The second-order valence-corrected chi connectivity index (χ2v) is 15.2. The van der Waals surface area contributed by atoms with Gasteiger partial charge in [-0.3, -0.25) is 4.98 Å². The highest BCUT2D eigenvalue weighted by Crippen LogP contribution is 2.39. The summed E-state index contributed by atoms with van der Waals surface area (Å²) in [6, 6.07) is 65.4. The Labute approximate surface area is 344 Å². The minimum atomic E-state index is 0.651. The van der Waals surface area contributed by atoms with E-state index in [1.807, 2.05) is 60.9 Å². The average Bonchev–Trinajstić information content (AvgIpc) is 3.89. The quantitative estimate of drug-likeness (QED) is 0.169. The summed E-state index contributed by atoms with van der Waals surface area (Å²) in [5.41, 5.74) is 14.6. The summed E-state index contributed by atoms with van der Waals surface area (Å²) in [7, 11) is 0. The highest BCUT2D eigenvalue weighted by Gasteiger charge is 2.17. The van der Waals surface area contributed by atoms with Crippen LogP contribution in [-0.2, 0) is 0 Å². The molecule has 0 radical (unpaired) electrons. The van der Waals surface area contributed by atoms with Gasteiger partial charge < -0.3 is 8.83 Å². The van der Waals surface area contributed by atoms with E-state index in [1.54, 1.807) is 0 Å². The van der Waals surface area contributed by atoms with Crippen molar-refractivity contribution < 1.29 is 8.83 Å². The molecule has 4 heterocycles. The minimum absolute atomic E-state index is 0.651. The SMILES string of the molecule is c1ccc(-c2cc(-c3cc(-c4ccc5oc6ccccc6c5c4)cc(-c4ccc5oc6ccccc6c5c4)c3)nc(-c3ccc(-c4cncc5ccccc45)cc3)n2)cc1. The summed E-state index contributed by atoms with van der Waals surface area (Å²) in [6.45, 7) is 0. The Hall–Kier alpha value is -8.15. The van der Waals surface area contributed by atoms with Crippen LogP contribution < -0.4 is 0 Å². The predicted octanol–water partition coefficient (Wildman–Crippen LogP) is 14.8. The van der Waals surface area contributed by atoms with E-state index in [-0.39, 0.29) is 0 Å². The largest absolute Gasteiger partial charge is 0.456 e. The molecule has 5 heteroatoms. The fourth-order valence-electron chi connectivity index (χ4n) is 8.55. The standard InChI is InChI=1S/C55H33N3O2/c1-2-10-35(11-3-1)49-31-50(58-55(57-49)36-20-18-34(19-21-36)48-33-56-32-39-12-4-5-13-43(39)48)42-27-40(37-22-24-53-46(29-37)44-14-6-8-16-51(44)59-53)26-41(28-42)38-23-25-54-47(30-38)45-15-7-9-17-52(45)60-54/h1-33H. The maximum atomic E-state index is 6.23. The van der Waals surface area contributed by atoms with Gasteiger partial charge in [-0.15, -0.1) is 0 Å². The maximum Gasteiger partial charge on any atom is 0.160 e. The first-order chi connectivity index (χ1) is 29.7. The molecule has 60 heavy (non-hydrogen) atoms. The van der Waals surface area contributed by atoms with Gasteiger partial charge in [-0.2, -0.15) is 0 Å². The number of pyridine rings is 1. The fraction of sp³-hybridized carbons (Fsp3) is 0. The lowest BCUT2D eigenvalue weighted by Gasteiger charge is -2.14. The van der Waals surface area contributed by atoms with Gasteiger partial charge in [-0.25, -0.2) is 9.97 Å². The number of rotatable bonds is 6. The number of nitrogens with zero attached hydrogens (tertiary/aromatic N) is 3. The summed E-state index contributed by atoms with van der Waals surface area (Å²) in [4.78, 5) is 15.1. The van der Waals surface area contributed by atoms with Gasteiger partial charge in [-0.05, 0) is 93.9 Å². The van der Waals surface area contributed by atoms with Gasteiger partial charge in [0.15, 0.2) is 5.82 Å². The lowest BCUT2D eigenvalue weighted by Crippen LogP contribution is -1.97. The summed E-state index contributed by atoms with van der Waals surface area (Å²) < 4.78 is 12.5. The zero-order chi connectivity index (χ0) is 39.6. The van der Waals surface area contributed by atoms with Gasteiger partial charge in [0.2, 0.25) is 0 Å². The Morgan fingerprint density at radius 2 is 0.800 bits per heavy atom. The molecule has 0 fully saturated rings. The second kappa shape index (κ2) is 13.8. The Morgan fingerprint density at radius 1 is 0.300 bits per heavy atom. The highest BCUT2D eigenvalue weighted by atomic mass is 16.3. The monoisotopic (exact) mass is 767 g/mol. The first kappa shape index (κ1) is 33.9. The molecular formula is C55H33N3O2. The molecule has 0 saturated heterocycles. The molecule has 0 amide bonds. The average molecular weight is 768 g/mol. The van der Waals surface area contributed by atoms with Crippen LogP contribution in [0.3, 0.4) is 0 Å². The van der Waals surface area contributed by atoms with Crippen molar-refractivity contribution in [3.63, 3.8) is 0 Å². The Morgan fingerprint density at radius 3 is 1.45 bits per heavy atom. The predicted molar refractivity (Wildman–Crippen MR) is 245 cm³/mol. The number of fused-ring (bicyclic) bond motifs is 7. The molecule has 12 aromatic rings. The van der Waals surface area contributed by atoms with Crippen LogP contribution in [0, 0.1) is 0 Å². The van der Waals surface area contributed by atoms with Crippen LogP contribution in [0.4, 0.5) is 0 Å². The van der Waals surface area contributed by atoms with E-state index in [4.69, 9.17) is 18.8 Å². The van der Waals surface area contributed by atoms with E-state index in [0.29, 0.717) is 5.82 Å². The third-order valence-electron chi connectivity index (χ3n) is 11.6. The van der Waals surface area contributed by atoms with Crippen LogP contribution in [0.25, 0.3) is 122 Å². The van der Waals surface area contributed by atoms with Crippen molar-refractivity contribution in [3.8, 4) is 67.3 Å². The first-order valence-electron chi connectivity index (χ1n) is 20.1. The van der Waals surface area contributed by atoms with Gasteiger partial charge in [-0.1, -0.05) is 127 Å². The smallest absolute Gasteiger partial charge is 0.160 e. The molecule has 0 N–H and O–H groups in total. The molecule has 280 valence electrons. The van der Waals surface area contributed by atoms with E-state index in [2.05, 4.69) is 145 Å². The van der Waals surface area contributed by atoms with Gasteiger partial charge in [0.25, 0.3) is 0 Å². The summed E-state index contributed by atoms with van der Waals surface area (Å²) in [5, 5.41) is 6.64. The molecule has 0 bridgehead atoms. The second-order valence-electron chi connectivity index (χ2n) is 15.2. The highest BCUT2D eigenvalue weighted by molar-refractivity contribution is 6.08. The van der Waals surface area contributed by atoms with E-state index in [1.165, 1.54) is 5.39 Å². The van der Waals surface area contributed by atoms with E-state index >= 15 is 0 Å². The minimum Gasteiger partial charge on any atom is -0.456 e. The van der Waals surface area contributed by atoms with Crippen molar-refractivity contribution >= 4 is 54.6 Å². The molecule has 8 aromatic carbocycles. The Bertz CT molecular complexity index is 3470. The Kier molecular flexibility index (Phi) is 7.78. The van der Waals surface area contributed by atoms with Gasteiger partial charge in [0.05, 0.1) is 11.4 Å². The normalized spacial score (nSPS) is 11.7. The molecule has 0 aliphatic carbocycles. The number of para-hydroxylation sites is 2. The number of hydrogen-bond acceptors (Lipinski definition) is 5. The van der Waals surface area contributed by atoms with E-state index < -0.39 is 0 Å². The van der Waals surface area contributed by atoms with E-state index in [0.717, 1.165) is 111 Å². The number of aromatic nitrogens is 3. The molecule has 5 nitrogen and oxygen atoms in total. The lowest BCUT2D eigenvalue weighted by molar-refractivity contribution is 0.668. The van der Waals surface area contributed by atoms with Crippen molar-refractivity contribution in [1.29, 1.82) is 0 Å². The Balaban J connectivity index is 1.04. The molecule has 0 saturated carbocycles. The molecule has 0 aliphatic rings. The molecular weight excluding hydrogens is 735 g/mol. The van der Waals surface area contributed by atoms with Crippen LogP contribution in [0.1, 0.15) is 0 Å². The summed E-state index contributed by atoms with van der Waals surface area (Å²) in [6.07, 6.45) is 3.85. The number of hydrogen-bond donors (Lipinski definition) is 0. The van der Waals surface area contributed by atoms with Crippen LogP contribution in [-0.4, -0.2) is 15.0 Å². The number of benzene rings is 8. The molecule has 0 spiro atoms. The van der Waals surface area contributed by atoms with Crippen LogP contribution in [0.15, 0.2) is 209 Å². The number of furan rings is 2. The molecule has 12 rings (SSSR count). The molecule has 0 unspecified atom stereocenters. The lowest BCUT2D eigenvalue weighted by atomic mass is 9.93. The molecule has 0 atom stereocenters. The molecule has 4 aromatic heterocycles. The third kappa shape index (κ3) is 5.83. The fourth-order valence-corrected chi connectivity index (χ4v) is 8.55. The zero-order valence-electron chi connectivity index (χ0n) is 32.2. The van der Waals surface area contributed by atoms with Crippen molar-refractivity contribution in [2.75, 3.05) is 0 Å². The van der Waals surface area contributed by atoms with Crippen molar-refractivity contribution in [2.45, 2.75) is 0 Å². The van der Waals surface area contributed by atoms with Gasteiger partial charge >= 0.3 is 0 Å². The van der Waals surface area contributed by atoms with Crippen molar-refractivity contribution in [3.05, 3.63) is 200 Å². The first-order valence-corrected chi connectivity index (χ1v) is 20.1. The topological polar surface area (TPSA) is 65.0 Å². The van der Waals surface area contributed by atoms with Crippen molar-refractivity contribution in [2.24, 2.45) is 0 Å². The van der Waals surface area contributed by atoms with Crippen LogP contribution >= 0.6 is 0 Å². The van der Waals surface area contributed by atoms with E-state index in [9.17, 15) is 0 Å². The maximum absolute atomic E-state index is 6.23. The third-order valence-corrected chi connectivity index (χ3v) is 11.6. The molecule has 0 aliphatic heterocycles. The van der Waals surface area contributed by atoms with Crippen molar-refractivity contribution in [1.82, 2.24) is 15.0 Å². The zero-order valence-corrected chi connectivity index (χ0v) is 32.2. The van der Waals surface area contributed by atoms with Crippen LogP contribution in [0.2, 0.25) is 0 Å². The van der Waals surface area contributed by atoms with Crippen LogP contribution in [0.5, 0.6) is 0 Å². The van der Waals surface area contributed by atoms with Gasteiger partial charge in [0, 0.05) is 61.6 Å². The summed E-state index contributed by atoms with van der Waals surface area (Å²) in [5.74, 6) is 0.651. The summed E-state index contributed by atoms with van der Waals surface area (Å²) >= 11 is 0.